The molecule has 0 radical (unpaired) electrons. The van der Waals surface area contributed by atoms with Crippen molar-refractivity contribution in [2.75, 3.05) is 11.9 Å². The molecule has 1 aromatic carbocycles. The number of aryl methyl sites for hydroxylation is 1. The molecular formula is C12H14N2O6S. The van der Waals surface area contributed by atoms with Crippen LogP contribution in [-0.2, 0) is 19.6 Å². The second kappa shape index (κ2) is 5.34. The van der Waals surface area contributed by atoms with Crippen LogP contribution >= 0.6 is 0 Å². The lowest BCUT2D eigenvalue weighted by molar-refractivity contribution is -0.138. The minimum atomic E-state index is -4.01. The summed E-state index contributed by atoms with van der Waals surface area (Å²) in [7, 11) is -4.01. The molecule has 114 valence electrons. The van der Waals surface area contributed by atoms with Crippen molar-refractivity contribution in [2.45, 2.75) is 24.8 Å². The van der Waals surface area contributed by atoms with Gasteiger partial charge < -0.3 is 15.2 Å². The van der Waals surface area contributed by atoms with Crippen molar-refractivity contribution in [3.63, 3.8) is 0 Å². The number of fused-ring (bicyclic) bond motifs is 1. The van der Waals surface area contributed by atoms with Gasteiger partial charge in [0.15, 0.2) is 6.61 Å². The molecule has 0 saturated heterocycles. The number of sulfonamides is 1. The number of aliphatic carboxylic acids is 1. The van der Waals surface area contributed by atoms with Gasteiger partial charge in [0.1, 0.15) is 11.8 Å². The molecule has 0 unspecified atom stereocenters. The first-order chi connectivity index (χ1) is 9.70. The Morgan fingerprint density at radius 3 is 2.76 bits per heavy atom. The predicted molar refractivity (Wildman–Crippen MR) is 72.7 cm³/mol. The molecule has 2 rings (SSSR count). The van der Waals surface area contributed by atoms with Crippen LogP contribution in [-0.4, -0.2) is 38.0 Å². The second-order valence-corrected chi connectivity index (χ2v) is 6.31. The number of anilines is 1. The van der Waals surface area contributed by atoms with Crippen LogP contribution in [0.1, 0.15) is 12.5 Å². The molecule has 0 bridgehead atoms. The van der Waals surface area contributed by atoms with Crippen LogP contribution in [0.4, 0.5) is 5.69 Å². The fourth-order valence-electron chi connectivity index (χ4n) is 1.85. The number of hydrogen-bond acceptors (Lipinski definition) is 5. The lowest BCUT2D eigenvalue weighted by atomic mass is 10.2. The SMILES string of the molecule is Cc1cc2c(cc1S(=O)(=O)N[C@H](C)C(=O)O)OCC(=O)N2. The highest BCUT2D eigenvalue weighted by atomic mass is 32.2. The van der Waals surface area contributed by atoms with Gasteiger partial charge in [0.2, 0.25) is 10.0 Å². The third kappa shape index (κ3) is 3.14. The molecular weight excluding hydrogens is 300 g/mol. The first kappa shape index (κ1) is 15.3. The van der Waals surface area contributed by atoms with Crippen LogP contribution in [0.25, 0.3) is 0 Å². The molecule has 1 aromatic rings. The Bertz CT molecular complexity index is 713. The maximum atomic E-state index is 12.2. The molecule has 1 aliphatic rings. The number of rotatable bonds is 4. The van der Waals surface area contributed by atoms with Gasteiger partial charge in [-0.3, -0.25) is 9.59 Å². The Morgan fingerprint density at radius 2 is 2.14 bits per heavy atom. The summed E-state index contributed by atoms with van der Waals surface area (Å²) in [5.41, 5.74) is 0.749. The summed E-state index contributed by atoms with van der Waals surface area (Å²) in [6.45, 7) is 2.57. The molecule has 1 amide bonds. The van der Waals surface area contributed by atoms with Crippen molar-refractivity contribution >= 4 is 27.6 Å². The van der Waals surface area contributed by atoms with Crippen molar-refractivity contribution < 1.29 is 27.9 Å². The molecule has 0 spiro atoms. The van der Waals surface area contributed by atoms with Crippen molar-refractivity contribution in [3.05, 3.63) is 17.7 Å². The molecule has 8 nitrogen and oxygen atoms in total. The topological polar surface area (TPSA) is 122 Å². The number of carboxylic acids is 1. The minimum Gasteiger partial charge on any atom is -0.482 e. The zero-order valence-electron chi connectivity index (χ0n) is 11.3. The molecule has 0 aliphatic carbocycles. The number of nitrogens with one attached hydrogen (secondary N) is 2. The van der Waals surface area contributed by atoms with Gasteiger partial charge in [-0.25, -0.2) is 8.42 Å². The van der Waals surface area contributed by atoms with Crippen molar-refractivity contribution in [1.29, 1.82) is 0 Å². The van der Waals surface area contributed by atoms with Crippen LogP contribution in [0.5, 0.6) is 5.75 Å². The van der Waals surface area contributed by atoms with Crippen LogP contribution in [0, 0.1) is 6.92 Å². The van der Waals surface area contributed by atoms with Gasteiger partial charge >= 0.3 is 5.97 Å². The van der Waals surface area contributed by atoms with Crippen molar-refractivity contribution in [2.24, 2.45) is 0 Å². The highest BCUT2D eigenvalue weighted by Gasteiger charge is 2.26. The molecule has 0 fully saturated rings. The van der Waals surface area contributed by atoms with Gasteiger partial charge in [0, 0.05) is 6.07 Å². The van der Waals surface area contributed by atoms with E-state index >= 15 is 0 Å². The first-order valence-electron chi connectivity index (χ1n) is 6.03. The Hall–Kier alpha value is -2.13. The summed E-state index contributed by atoms with van der Waals surface area (Å²) < 4.78 is 31.6. The van der Waals surface area contributed by atoms with Gasteiger partial charge in [0.25, 0.3) is 5.91 Å². The van der Waals surface area contributed by atoms with Crippen molar-refractivity contribution in [3.8, 4) is 5.75 Å². The minimum absolute atomic E-state index is 0.0921. The maximum absolute atomic E-state index is 12.2. The number of benzene rings is 1. The van der Waals surface area contributed by atoms with E-state index in [-0.39, 0.29) is 23.2 Å². The summed E-state index contributed by atoms with van der Waals surface area (Å²) in [6, 6.07) is 1.47. The van der Waals surface area contributed by atoms with Gasteiger partial charge in [-0.15, -0.1) is 0 Å². The average molecular weight is 314 g/mol. The molecule has 3 N–H and O–H groups in total. The Labute approximate surface area is 121 Å². The molecule has 0 aromatic heterocycles. The lowest BCUT2D eigenvalue weighted by Gasteiger charge is -2.20. The van der Waals surface area contributed by atoms with Crippen LogP contribution in [0.15, 0.2) is 17.0 Å². The summed E-state index contributed by atoms with van der Waals surface area (Å²) in [5, 5.41) is 11.3. The van der Waals surface area contributed by atoms with E-state index in [9.17, 15) is 18.0 Å². The second-order valence-electron chi connectivity index (χ2n) is 4.63. The summed E-state index contributed by atoms with van der Waals surface area (Å²) in [5.74, 6) is -1.38. The number of amides is 1. The van der Waals surface area contributed by atoms with Gasteiger partial charge in [0.05, 0.1) is 10.6 Å². The smallest absolute Gasteiger partial charge is 0.321 e. The highest BCUT2D eigenvalue weighted by molar-refractivity contribution is 7.89. The van der Waals surface area contributed by atoms with E-state index < -0.39 is 22.0 Å². The van der Waals surface area contributed by atoms with Crippen LogP contribution in [0.2, 0.25) is 0 Å². The number of hydrogen-bond donors (Lipinski definition) is 3. The van der Waals surface area contributed by atoms with Gasteiger partial charge in [-0.1, -0.05) is 0 Å². The fourth-order valence-corrected chi connectivity index (χ4v) is 3.29. The van der Waals surface area contributed by atoms with E-state index in [0.29, 0.717) is 11.3 Å². The summed E-state index contributed by atoms with van der Waals surface area (Å²) in [6.07, 6.45) is 0. The highest BCUT2D eigenvalue weighted by Crippen LogP contribution is 2.32. The average Bonchev–Trinajstić information content (AvgIpc) is 2.36. The largest absolute Gasteiger partial charge is 0.482 e. The number of carboxylic acid groups (broad SMARTS) is 1. The van der Waals surface area contributed by atoms with Crippen LogP contribution < -0.4 is 14.8 Å². The zero-order chi connectivity index (χ0) is 15.8. The predicted octanol–water partition coefficient (Wildman–Crippen LogP) is 0.0773. The van der Waals surface area contributed by atoms with E-state index in [1.165, 1.54) is 19.1 Å². The number of ether oxygens (including phenoxy) is 1. The Morgan fingerprint density at radius 1 is 1.48 bits per heavy atom. The fraction of sp³-hybridized carbons (Fsp3) is 0.333. The van der Waals surface area contributed by atoms with E-state index in [1.54, 1.807) is 6.92 Å². The quantitative estimate of drug-likeness (QED) is 0.723. The Balaban J connectivity index is 2.40. The van der Waals surface area contributed by atoms with Crippen LogP contribution in [0.3, 0.4) is 0 Å². The molecule has 9 heteroatoms. The van der Waals surface area contributed by atoms with E-state index in [4.69, 9.17) is 9.84 Å². The number of carbonyl (C=O) groups excluding carboxylic acids is 1. The summed E-state index contributed by atoms with van der Waals surface area (Å²) >= 11 is 0. The first-order valence-corrected chi connectivity index (χ1v) is 7.51. The summed E-state index contributed by atoms with van der Waals surface area (Å²) in [4.78, 5) is 21.9. The molecule has 1 atom stereocenters. The normalized spacial score (nSPS) is 15.6. The van der Waals surface area contributed by atoms with Gasteiger partial charge in [-0.05, 0) is 25.5 Å². The third-order valence-corrected chi connectivity index (χ3v) is 4.58. The molecule has 0 saturated carbocycles. The van der Waals surface area contributed by atoms with Crippen molar-refractivity contribution in [1.82, 2.24) is 4.72 Å². The zero-order valence-corrected chi connectivity index (χ0v) is 12.2. The lowest BCUT2D eigenvalue weighted by Crippen LogP contribution is -2.38. The van der Waals surface area contributed by atoms with E-state index in [1.807, 2.05) is 0 Å². The van der Waals surface area contributed by atoms with E-state index in [0.717, 1.165) is 0 Å². The Kier molecular flexibility index (Phi) is 3.88. The van der Waals surface area contributed by atoms with E-state index in [2.05, 4.69) is 10.0 Å². The van der Waals surface area contributed by atoms with Gasteiger partial charge in [-0.2, -0.15) is 4.72 Å². The number of carbonyl (C=O) groups is 2. The third-order valence-electron chi connectivity index (χ3n) is 2.90. The molecule has 21 heavy (non-hydrogen) atoms. The standard InChI is InChI=1S/C12H14N2O6S/c1-6-3-8-9(20-5-11(15)13-8)4-10(6)21(18,19)14-7(2)12(16)17/h3-4,7,14H,5H2,1-2H3,(H,13,15)(H,16,17)/t7-/m1/s1. The molecule has 1 aliphatic heterocycles. The maximum Gasteiger partial charge on any atom is 0.321 e. The molecule has 1 heterocycles. The monoisotopic (exact) mass is 314 g/mol.